The highest BCUT2D eigenvalue weighted by atomic mass is 35.5. The van der Waals surface area contributed by atoms with Crippen molar-refractivity contribution in [2.24, 2.45) is 0 Å². The van der Waals surface area contributed by atoms with Crippen molar-refractivity contribution >= 4 is 23.5 Å². The molecule has 29 heavy (non-hydrogen) atoms. The highest BCUT2D eigenvalue weighted by Gasteiger charge is 2.22. The normalized spacial score (nSPS) is 11.8. The smallest absolute Gasteiger partial charge is 0.305 e. The number of carbonyl (C=O) groups is 2. The van der Waals surface area contributed by atoms with Crippen molar-refractivity contribution in [1.29, 1.82) is 0 Å². The maximum Gasteiger partial charge on any atom is 0.305 e. The molecule has 1 unspecified atom stereocenters. The SMILES string of the molecule is Cc1ccc(C)c(-n2nc(C(=O)NC(CC(=O)O)c3ccc(Cl)cc3)cc2O)c1. The van der Waals surface area contributed by atoms with E-state index in [9.17, 15) is 19.8 Å². The van der Waals surface area contributed by atoms with E-state index in [-0.39, 0.29) is 18.0 Å². The molecular formula is C21H20ClN3O4. The molecule has 0 spiro atoms. The lowest BCUT2D eigenvalue weighted by molar-refractivity contribution is -0.137. The fourth-order valence-corrected chi connectivity index (χ4v) is 3.09. The van der Waals surface area contributed by atoms with E-state index in [1.54, 1.807) is 24.3 Å². The van der Waals surface area contributed by atoms with Crippen LogP contribution < -0.4 is 5.32 Å². The van der Waals surface area contributed by atoms with E-state index in [1.807, 2.05) is 32.0 Å². The number of aryl methyl sites for hydroxylation is 2. The first-order valence-corrected chi connectivity index (χ1v) is 9.27. The Bertz CT molecular complexity index is 1060. The van der Waals surface area contributed by atoms with E-state index < -0.39 is 17.9 Å². The summed E-state index contributed by atoms with van der Waals surface area (Å²) in [6.45, 7) is 3.79. The second kappa shape index (κ2) is 8.36. The van der Waals surface area contributed by atoms with Gasteiger partial charge in [0.05, 0.1) is 18.2 Å². The van der Waals surface area contributed by atoms with Crippen molar-refractivity contribution in [2.75, 3.05) is 0 Å². The molecule has 3 N–H and O–H groups in total. The van der Waals surface area contributed by atoms with Gasteiger partial charge in [0.15, 0.2) is 5.69 Å². The summed E-state index contributed by atoms with van der Waals surface area (Å²) < 4.78 is 1.28. The Morgan fingerprint density at radius 2 is 1.83 bits per heavy atom. The van der Waals surface area contributed by atoms with E-state index in [4.69, 9.17) is 11.6 Å². The van der Waals surface area contributed by atoms with Crippen LogP contribution in [-0.4, -0.2) is 31.9 Å². The van der Waals surface area contributed by atoms with Crippen LogP contribution in [0.3, 0.4) is 0 Å². The second-order valence-electron chi connectivity index (χ2n) is 6.76. The Hall–Kier alpha value is -3.32. The average Bonchev–Trinajstić information content (AvgIpc) is 3.05. The summed E-state index contributed by atoms with van der Waals surface area (Å²) in [5.41, 5.74) is 3.10. The third kappa shape index (κ3) is 4.75. The van der Waals surface area contributed by atoms with Crippen LogP contribution in [0.25, 0.3) is 5.69 Å². The van der Waals surface area contributed by atoms with Crippen LogP contribution >= 0.6 is 11.6 Å². The first-order chi connectivity index (χ1) is 13.7. The molecule has 0 saturated heterocycles. The number of carbonyl (C=O) groups excluding carboxylic acids is 1. The number of aliphatic carboxylic acids is 1. The number of hydrogen-bond acceptors (Lipinski definition) is 4. The summed E-state index contributed by atoms with van der Waals surface area (Å²) >= 11 is 5.88. The van der Waals surface area contributed by atoms with E-state index in [0.29, 0.717) is 16.3 Å². The van der Waals surface area contributed by atoms with Gasteiger partial charge in [-0.1, -0.05) is 35.9 Å². The third-order valence-corrected chi connectivity index (χ3v) is 4.72. The second-order valence-corrected chi connectivity index (χ2v) is 7.20. The Morgan fingerprint density at radius 3 is 2.48 bits per heavy atom. The quantitative estimate of drug-likeness (QED) is 0.570. The van der Waals surface area contributed by atoms with Gasteiger partial charge in [-0.05, 0) is 48.7 Å². The molecule has 1 heterocycles. The Balaban J connectivity index is 1.88. The molecule has 3 rings (SSSR count). The summed E-state index contributed by atoms with van der Waals surface area (Å²) in [6.07, 6.45) is -0.308. The van der Waals surface area contributed by atoms with Crippen LogP contribution in [0.5, 0.6) is 5.88 Å². The Kier molecular flexibility index (Phi) is 5.89. The molecule has 0 bridgehead atoms. The minimum Gasteiger partial charge on any atom is -0.493 e. The lowest BCUT2D eigenvalue weighted by Crippen LogP contribution is -2.30. The number of carboxylic acid groups (broad SMARTS) is 1. The molecule has 150 valence electrons. The molecule has 2 aromatic carbocycles. The lowest BCUT2D eigenvalue weighted by atomic mass is 10.0. The predicted octanol–water partition coefficient (Wildman–Crippen LogP) is 3.79. The summed E-state index contributed by atoms with van der Waals surface area (Å²) in [4.78, 5) is 24.0. The number of carboxylic acids is 1. The predicted molar refractivity (Wildman–Crippen MR) is 109 cm³/mol. The Morgan fingerprint density at radius 1 is 1.14 bits per heavy atom. The van der Waals surface area contributed by atoms with E-state index in [0.717, 1.165) is 11.1 Å². The number of halogens is 1. The van der Waals surface area contributed by atoms with Crippen LogP contribution in [0.1, 0.15) is 39.6 Å². The minimum absolute atomic E-state index is 0.0206. The van der Waals surface area contributed by atoms with Crippen LogP contribution in [0.4, 0.5) is 0 Å². The number of amides is 1. The van der Waals surface area contributed by atoms with Gasteiger partial charge in [0.25, 0.3) is 5.91 Å². The van der Waals surface area contributed by atoms with E-state index in [1.165, 1.54) is 10.7 Å². The maximum absolute atomic E-state index is 12.7. The van der Waals surface area contributed by atoms with Gasteiger partial charge < -0.3 is 15.5 Å². The zero-order valence-corrected chi connectivity index (χ0v) is 16.6. The fourth-order valence-electron chi connectivity index (χ4n) is 2.96. The molecule has 1 amide bonds. The zero-order valence-electron chi connectivity index (χ0n) is 15.9. The summed E-state index contributed by atoms with van der Waals surface area (Å²) in [5, 5.41) is 26.9. The highest BCUT2D eigenvalue weighted by molar-refractivity contribution is 6.30. The van der Waals surface area contributed by atoms with Gasteiger partial charge >= 0.3 is 5.97 Å². The molecule has 3 aromatic rings. The van der Waals surface area contributed by atoms with Gasteiger partial charge in [0, 0.05) is 11.1 Å². The largest absolute Gasteiger partial charge is 0.493 e. The molecule has 0 aliphatic heterocycles. The highest BCUT2D eigenvalue weighted by Crippen LogP contribution is 2.24. The number of hydrogen-bond donors (Lipinski definition) is 3. The van der Waals surface area contributed by atoms with Crippen LogP contribution in [0, 0.1) is 13.8 Å². The monoisotopic (exact) mass is 413 g/mol. The van der Waals surface area contributed by atoms with Crippen molar-refractivity contribution in [3.8, 4) is 11.6 Å². The lowest BCUT2D eigenvalue weighted by Gasteiger charge is -2.17. The molecule has 1 atom stereocenters. The van der Waals surface area contributed by atoms with Crippen molar-refractivity contribution < 1.29 is 19.8 Å². The topological polar surface area (TPSA) is 104 Å². The Labute approximate surface area is 172 Å². The molecule has 7 nitrogen and oxygen atoms in total. The number of nitrogens with zero attached hydrogens (tertiary/aromatic N) is 2. The first-order valence-electron chi connectivity index (χ1n) is 8.89. The van der Waals surface area contributed by atoms with Crippen LogP contribution in [0.15, 0.2) is 48.5 Å². The van der Waals surface area contributed by atoms with Crippen molar-refractivity contribution in [3.63, 3.8) is 0 Å². The molecule has 0 saturated carbocycles. The van der Waals surface area contributed by atoms with Gasteiger partial charge in [-0.3, -0.25) is 9.59 Å². The van der Waals surface area contributed by atoms with Gasteiger partial charge in [-0.25, -0.2) is 4.68 Å². The van der Waals surface area contributed by atoms with Crippen molar-refractivity contribution in [1.82, 2.24) is 15.1 Å². The number of aromatic nitrogens is 2. The van der Waals surface area contributed by atoms with E-state index in [2.05, 4.69) is 10.4 Å². The number of nitrogens with one attached hydrogen (secondary N) is 1. The van der Waals surface area contributed by atoms with Gasteiger partial charge in [-0.2, -0.15) is 5.10 Å². The third-order valence-electron chi connectivity index (χ3n) is 4.47. The number of benzene rings is 2. The van der Waals surface area contributed by atoms with Crippen LogP contribution in [0.2, 0.25) is 5.02 Å². The molecule has 0 aliphatic carbocycles. The summed E-state index contributed by atoms with van der Waals surface area (Å²) in [7, 11) is 0. The molecule has 8 heteroatoms. The van der Waals surface area contributed by atoms with Gasteiger partial charge in [0.1, 0.15) is 0 Å². The fraction of sp³-hybridized carbons (Fsp3) is 0.190. The molecule has 0 fully saturated rings. The maximum atomic E-state index is 12.7. The molecule has 1 aromatic heterocycles. The van der Waals surface area contributed by atoms with Crippen LogP contribution in [-0.2, 0) is 4.79 Å². The van der Waals surface area contributed by atoms with Crippen molar-refractivity contribution in [2.45, 2.75) is 26.3 Å². The van der Waals surface area contributed by atoms with E-state index >= 15 is 0 Å². The summed E-state index contributed by atoms with van der Waals surface area (Å²) in [6, 6.07) is 12.7. The molecule has 0 radical (unpaired) electrons. The molecular weight excluding hydrogens is 394 g/mol. The van der Waals surface area contributed by atoms with Gasteiger partial charge in [-0.15, -0.1) is 0 Å². The minimum atomic E-state index is -1.06. The summed E-state index contributed by atoms with van der Waals surface area (Å²) in [5.74, 6) is -1.84. The number of aromatic hydroxyl groups is 1. The zero-order chi connectivity index (χ0) is 21.1. The first kappa shape index (κ1) is 20.4. The number of rotatable bonds is 6. The standard InChI is InChI=1S/C21H20ClN3O4/c1-12-3-4-13(2)18(9-12)25-19(26)10-17(24-25)21(29)23-16(11-20(27)28)14-5-7-15(22)8-6-14/h3-10,16,26H,11H2,1-2H3,(H,23,29)(H,27,28). The molecule has 0 aliphatic rings. The van der Waals surface area contributed by atoms with Gasteiger partial charge in [0.2, 0.25) is 5.88 Å². The average molecular weight is 414 g/mol. The van der Waals surface area contributed by atoms with Crippen molar-refractivity contribution in [3.05, 3.63) is 75.9 Å².